The highest BCUT2D eigenvalue weighted by atomic mass is 35.5. The lowest BCUT2D eigenvalue weighted by Gasteiger charge is -2.03. The number of rotatable bonds is 5. The van der Waals surface area contributed by atoms with Gasteiger partial charge in [0.05, 0.1) is 7.11 Å². The largest absolute Gasteiger partial charge is 0.465 e. The molecule has 20 heavy (non-hydrogen) atoms. The van der Waals surface area contributed by atoms with Crippen LogP contribution in [-0.4, -0.2) is 24.6 Å². The zero-order valence-corrected chi connectivity index (χ0v) is 12.2. The number of benzene rings is 1. The molecule has 1 aromatic heterocycles. The highest BCUT2D eigenvalue weighted by Crippen LogP contribution is 2.27. The molecule has 0 bridgehead atoms. The average molecular weight is 315 g/mol. The Morgan fingerprint density at radius 2 is 2.25 bits per heavy atom. The first-order valence-electron chi connectivity index (χ1n) is 5.83. The van der Waals surface area contributed by atoms with Gasteiger partial charge in [0.2, 0.25) is 0 Å². The van der Waals surface area contributed by atoms with Crippen LogP contribution in [0.5, 0.6) is 0 Å². The predicted molar refractivity (Wildman–Crippen MR) is 77.1 cm³/mol. The quantitative estimate of drug-likeness (QED) is 0.860. The molecule has 2 aromatic rings. The number of esters is 1. The minimum Gasteiger partial charge on any atom is -0.465 e. The standard InChI is InChI=1S/C13H12ClFN2O2S/c1-19-12(18)10-11(14)17-13(20-10)16-7-6-8-4-2-3-5-9(8)15/h2-5H,6-7H2,1H3,(H,16,17). The first-order valence-corrected chi connectivity index (χ1v) is 7.03. The van der Waals surface area contributed by atoms with Crippen molar-refractivity contribution in [3.05, 3.63) is 45.7 Å². The van der Waals surface area contributed by atoms with E-state index in [-0.39, 0.29) is 15.8 Å². The molecule has 2 rings (SSSR count). The molecule has 0 radical (unpaired) electrons. The lowest BCUT2D eigenvalue weighted by Crippen LogP contribution is -2.05. The van der Waals surface area contributed by atoms with Crippen molar-refractivity contribution >= 4 is 34.0 Å². The van der Waals surface area contributed by atoms with Crippen LogP contribution < -0.4 is 5.32 Å². The summed E-state index contributed by atoms with van der Waals surface area (Å²) in [6.45, 7) is 0.491. The van der Waals surface area contributed by atoms with Gasteiger partial charge in [-0.1, -0.05) is 41.1 Å². The number of hydrogen-bond donors (Lipinski definition) is 1. The molecule has 106 valence electrons. The fourth-order valence-corrected chi connectivity index (χ4v) is 2.73. The van der Waals surface area contributed by atoms with Crippen LogP contribution in [0.15, 0.2) is 24.3 Å². The zero-order valence-electron chi connectivity index (χ0n) is 10.7. The molecule has 1 aromatic carbocycles. The van der Waals surface area contributed by atoms with Crippen molar-refractivity contribution in [3.8, 4) is 0 Å². The van der Waals surface area contributed by atoms with Crippen LogP contribution in [0, 0.1) is 5.82 Å². The van der Waals surface area contributed by atoms with E-state index in [0.29, 0.717) is 23.7 Å². The molecule has 1 N–H and O–H groups in total. The molecule has 0 atom stereocenters. The van der Waals surface area contributed by atoms with Crippen LogP contribution >= 0.6 is 22.9 Å². The molecule has 0 amide bonds. The number of methoxy groups -OCH3 is 1. The number of carbonyl (C=O) groups is 1. The molecule has 7 heteroatoms. The predicted octanol–water partition coefficient (Wildman–Crippen LogP) is 3.38. The topological polar surface area (TPSA) is 51.2 Å². The van der Waals surface area contributed by atoms with E-state index in [2.05, 4.69) is 15.0 Å². The van der Waals surface area contributed by atoms with E-state index in [9.17, 15) is 9.18 Å². The Morgan fingerprint density at radius 1 is 1.50 bits per heavy atom. The van der Waals surface area contributed by atoms with Gasteiger partial charge in [0.15, 0.2) is 15.2 Å². The maximum atomic E-state index is 13.4. The normalized spacial score (nSPS) is 10.3. The highest BCUT2D eigenvalue weighted by Gasteiger charge is 2.17. The van der Waals surface area contributed by atoms with Crippen LogP contribution in [0.2, 0.25) is 5.15 Å². The number of carbonyl (C=O) groups excluding carboxylic acids is 1. The van der Waals surface area contributed by atoms with E-state index in [4.69, 9.17) is 11.6 Å². The van der Waals surface area contributed by atoms with Crippen LogP contribution in [0.25, 0.3) is 0 Å². The minimum absolute atomic E-state index is 0.107. The smallest absolute Gasteiger partial charge is 0.351 e. The fourth-order valence-electron chi connectivity index (χ4n) is 1.60. The molecule has 0 saturated carbocycles. The molecular weight excluding hydrogens is 303 g/mol. The zero-order chi connectivity index (χ0) is 14.5. The van der Waals surface area contributed by atoms with Gasteiger partial charge in [-0.25, -0.2) is 14.2 Å². The Morgan fingerprint density at radius 3 is 2.95 bits per heavy atom. The fraction of sp³-hybridized carbons (Fsp3) is 0.231. The van der Waals surface area contributed by atoms with E-state index in [0.717, 1.165) is 11.3 Å². The van der Waals surface area contributed by atoms with Gasteiger partial charge >= 0.3 is 5.97 Å². The molecule has 0 aliphatic heterocycles. The Kier molecular flexibility index (Phi) is 4.92. The number of ether oxygens (including phenoxy) is 1. The third kappa shape index (κ3) is 3.46. The van der Waals surface area contributed by atoms with Gasteiger partial charge in [-0.3, -0.25) is 0 Å². The number of anilines is 1. The van der Waals surface area contributed by atoms with Crippen LogP contribution in [0.3, 0.4) is 0 Å². The van der Waals surface area contributed by atoms with Crippen molar-refractivity contribution in [1.82, 2.24) is 4.98 Å². The van der Waals surface area contributed by atoms with E-state index in [1.807, 2.05) is 0 Å². The first kappa shape index (κ1) is 14.7. The van der Waals surface area contributed by atoms with Crippen LogP contribution in [0.4, 0.5) is 9.52 Å². The van der Waals surface area contributed by atoms with E-state index in [1.54, 1.807) is 18.2 Å². The Hall–Kier alpha value is -1.66. The second-order valence-electron chi connectivity index (χ2n) is 3.90. The number of nitrogens with zero attached hydrogens (tertiary/aromatic N) is 1. The first-order chi connectivity index (χ1) is 9.61. The van der Waals surface area contributed by atoms with Gasteiger partial charge in [-0.15, -0.1) is 0 Å². The van der Waals surface area contributed by atoms with Crippen LogP contribution in [0.1, 0.15) is 15.2 Å². The second-order valence-corrected chi connectivity index (χ2v) is 5.26. The second kappa shape index (κ2) is 6.67. The van der Waals surface area contributed by atoms with Gasteiger partial charge in [-0.05, 0) is 18.1 Å². The summed E-state index contributed by atoms with van der Waals surface area (Å²) in [5.41, 5.74) is 0.621. The molecular formula is C13H12ClFN2O2S. The Balaban J connectivity index is 1.95. The summed E-state index contributed by atoms with van der Waals surface area (Å²) >= 11 is 6.95. The van der Waals surface area contributed by atoms with E-state index < -0.39 is 5.97 Å². The van der Waals surface area contributed by atoms with Crippen molar-refractivity contribution in [3.63, 3.8) is 0 Å². The van der Waals surface area contributed by atoms with Crippen molar-refractivity contribution in [2.75, 3.05) is 19.0 Å². The Labute approximate surface area is 124 Å². The van der Waals surface area contributed by atoms with E-state index >= 15 is 0 Å². The molecule has 0 fully saturated rings. The van der Waals surface area contributed by atoms with Crippen molar-refractivity contribution in [2.24, 2.45) is 0 Å². The van der Waals surface area contributed by atoms with Crippen molar-refractivity contribution < 1.29 is 13.9 Å². The molecule has 0 aliphatic carbocycles. The monoisotopic (exact) mass is 314 g/mol. The molecule has 0 saturated heterocycles. The summed E-state index contributed by atoms with van der Waals surface area (Å²) in [7, 11) is 1.28. The van der Waals surface area contributed by atoms with Gasteiger partial charge in [0.1, 0.15) is 5.82 Å². The summed E-state index contributed by atoms with van der Waals surface area (Å²) in [6, 6.07) is 6.58. The maximum Gasteiger partial charge on any atom is 0.351 e. The summed E-state index contributed by atoms with van der Waals surface area (Å²) in [5.74, 6) is -0.753. The molecule has 0 aliphatic rings. The molecule has 0 spiro atoms. The highest BCUT2D eigenvalue weighted by molar-refractivity contribution is 7.18. The van der Waals surface area contributed by atoms with Gasteiger partial charge in [0, 0.05) is 6.54 Å². The van der Waals surface area contributed by atoms with Gasteiger partial charge in [0.25, 0.3) is 0 Å². The summed E-state index contributed by atoms with van der Waals surface area (Å²) < 4.78 is 18.0. The van der Waals surface area contributed by atoms with E-state index in [1.165, 1.54) is 13.2 Å². The SMILES string of the molecule is COC(=O)c1sc(NCCc2ccccc2F)nc1Cl. The lowest BCUT2D eigenvalue weighted by atomic mass is 10.1. The van der Waals surface area contributed by atoms with Crippen molar-refractivity contribution in [2.45, 2.75) is 6.42 Å². The summed E-state index contributed by atoms with van der Waals surface area (Å²) in [4.78, 5) is 15.6. The Bertz CT molecular complexity index is 618. The molecule has 0 unspecified atom stereocenters. The van der Waals surface area contributed by atoms with Crippen molar-refractivity contribution in [1.29, 1.82) is 0 Å². The molecule has 1 heterocycles. The number of halogens is 2. The van der Waals surface area contributed by atoms with Gasteiger partial charge in [-0.2, -0.15) is 0 Å². The summed E-state index contributed by atoms with van der Waals surface area (Å²) in [5, 5.41) is 3.62. The number of nitrogens with one attached hydrogen (secondary N) is 1. The molecule has 4 nitrogen and oxygen atoms in total. The number of aromatic nitrogens is 1. The van der Waals surface area contributed by atoms with Crippen LogP contribution in [-0.2, 0) is 11.2 Å². The summed E-state index contributed by atoms with van der Waals surface area (Å²) in [6.07, 6.45) is 0.511. The lowest BCUT2D eigenvalue weighted by molar-refractivity contribution is 0.0606. The average Bonchev–Trinajstić information content (AvgIpc) is 2.81. The number of hydrogen-bond acceptors (Lipinski definition) is 5. The van der Waals surface area contributed by atoms with Gasteiger partial charge < -0.3 is 10.1 Å². The maximum absolute atomic E-state index is 13.4. The minimum atomic E-state index is -0.519. The third-order valence-corrected chi connectivity index (χ3v) is 3.96. The number of thiazole rings is 1. The third-order valence-electron chi connectivity index (χ3n) is 2.59.